The first kappa shape index (κ1) is 22.2. The third-order valence-corrected chi connectivity index (χ3v) is 6.34. The fourth-order valence-corrected chi connectivity index (χ4v) is 4.65. The van der Waals surface area contributed by atoms with Crippen molar-refractivity contribution in [2.45, 2.75) is 31.8 Å². The minimum atomic E-state index is -4.74. The number of alkyl halides is 3. The van der Waals surface area contributed by atoms with E-state index in [1.54, 1.807) is 36.5 Å². The molecule has 0 aliphatic carbocycles. The summed E-state index contributed by atoms with van der Waals surface area (Å²) in [5.41, 5.74) is 3.37. The maximum absolute atomic E-state index is 12.9. The minimum absolute atomic E-state index is 0.280. The Morgan fingerprint density at radius 1 is 1.15 bits per heavy atom. The van der Waals surface area contributed by atoms with E-state index in [2.05, 4.69) is 25.3 Å². The first-order valence-corrected chi connectivity index (χ1v) is 11.0. The van der Waals surface area contributed by atoms with Gasteiger partial charge in [0.15, 0.2) is 0 Å². The average molecular weight is 468 g/mol. The number of hydrogen-bond acceptors (Lipinski definition) is 5. The molecule has 0 saturated carbocycles. The number of pyridine rings is 1. The number of nitrogens with one attached hydrogen (secondary N) is 2. The standard InChI is InChI=1S/C25H23F3N4O2/c1-15-21(16-5-8-20(9-6-16)34-25(26,27)28)3-2-4-22(15)31-24(33)17-7-10-23(30-12-17)32-14-18-11-19(32)13-29-18/h2-10,12,18-19,29H,11,13-14H2,1H3,(H,31,33)/t18-,19+/m1/s1. The summed E-state index contributed by atoms with van der Waals surface area (Å²) in [6.45, 7) is 3.74. The van der Waals surface area contributed by atoms with E-state index < -0.39 is 6.36 Å². The Bertz CT molecular complexity index is 1200. The molecule has 3 heterocycles. The molecule has 2 aliphatic heterocycles. The zero-order chi connectivity index (χ0) is 23.9. The van der Waals surface area contributed by atoms with Crippen molar-refractivity contribution >= 4 is 17.4 Å². The molecule has 34 heavy (non-hydrogen) atoms. The van der Waals surface area contributed by atoms with Crippen molar-refractivity contribution in [3.8, 4) is 16.9 Å². The maximum atomic E-state index is 12.9. The van der Waals surface area contributed by atoms with Gasteiger partial charge in [0.1, 0.15) is 11.6 Å². The van der Waals surface area contributed by atoms with E-state index in [0.717, 1.165) is 36.5 Å². The van der Waals surface area contributed by atoms with E-state index in [1.807, 2.05) is 19.1 Å². The smallest absolute Gasteiger partial charge is 0.406 e. The third-order valence-electron chi connectivity index (χ3n) is 6.34. The highest BCUT2D eigenvalue weighted by Gasteiger charge is 2.38. The lowest BCUT2D eigenvalue weighted by Gasteiger charge is -2.28. The van der Waals surface area contributed by atoms with Crippen LogP contribution in [0.3, 0.4) is 0 Å². The summed E-state index contributed by atoms with van der Waals surface area (Å²) in [7, 11) is 0. The molecule has 2 aliphatic rings. The second-order valence-electron chi connectivity index (χ2n) is 8.56. The molecule has 2 N–H and O–H groups in total. The van der Waals surface area contributed by atoms with Gasteiger partial charge in [-0.2, -0.15) is 0 Å². The third kappa shape index (κ3) is 4.56. The van der Waals surface area contributed by atoms with E-state index in [-0.39, 0.29) is 11.7 Å². The van der Waals surface area contributed by atoms with Crippen LogP contribution in [0.15, 0.2) is 60.8 Å². The van der Waals surface area contributed by atoms with Crippen molar-refractivity contribution in [3.63, 3.8) is 0 Å². The molecule has 2 atom stereocenters. The molecule has 0 radical (unpaired) electrons. The monoisotopic (exact) mass is 468 g/mol. The van der Waals surface area contributed by atoms with E-state index in [1.165, 1.54) is 12.1 Å². The lowest BCUT2D eigenvalue weighted by molar-refractivity contribution is -0.274. The minimum Gasteiger partial charge on any atom is -0.406 e. The van der Waals surface area contributed by atoms with E-state index in [0.29, 0.717) is 28.9 Å². The number of aromatic nitrogens is 1. The second kappa shape index (κ2) is 8.64. The molecular weight excluding hydrogens is 445 g/mol. The number of ether oxygens (including phenoxy) is 1. The van der Waals surface area contributed by atoms with Crippen LogP contribution < -0.4 is 20.3 Å². The number of halogens is 3. The van der Waals surface area contributed by atoms with Gasteiger partial charge in [0, 0.05) is 37.1 Å². The largest absolute Gasteiger partial charge is 0.573 e. The highest BCUT2D eigenvalue weighted by Crippen LogP contribution is 2.32. The Morgan fingerprint density at radius 3 is 2.56 bits per heavy atom. The fourth-order valence-electron chi connectivity index (χ4n) is 4.65. The predicted molar refractivity (Wildman–Crippen MR) is 123 cm³/mol. The summed E-state index contributed by atoms with van der Waals surface area (Å²) in [5, 5.41) is 6.38. The summed E-state index contributed by atoms with van der Waals surface area (Å²) < 4.78 is 41.2. The summed E-state index contributed by atoms with van der Waals surface area (Å²) in [4.78, 5) is 19.6. The molecule has 1 aromatic heterocycles. The molecular formula is C25H23F3N4O2. The number of anilines is 2. The molecule has 2 saturated heterocycles. The molecule has 3 aromatic rings. The highest BCUT2D eigenvalue weighted by molar-refractivity contribution is 6.05. The Balaban J connectivity index is 1.29. The number of piperazine rings is 1. The Hall–Kier alpha value is -3.59. The molecule has 0 spiro atoms. The molecule has 2 bridgehead atoms. The molecule has 1 amide bonds. The predicted octanol–water partition coefficient (Wildman–Crippen LogP) is 4.76. The van der Waals surface area contributed by atoms with Gasteiger partial charge in [0.05, 0.1) is 5.56 Å². The number of rotatable bonds is 5. The molecule has 176 valence electrons. The number of nitrogens with zero attached hydrogens (tertiary/aromatic N) is 2. The van der Waals surface area contributed by atoms with E-state index in [4.69, 9.17) is 0 Å². The van der Waals surface area contributed by atoms with Gasteiger partial charge in [-0.25, -0.2) is 4.98 Å². The van der Waals surface area contributed by atoms with Crippen molar-refractivity contribution in [1.82, 2.24) is 10.3 Å². The first-order valence-electron chi connectivity index (χ1n) is 11.0. The van der Waals surface area contributed by atoms with E-state index in [9.17, 15) is 18.0 Å². The number of fused-ring (bicyclic) bond motifs is 2. The van der Waals surface area contributed by atoms with Crippen LogP contribution in [0.1, 0.15) is 22.3 Å². The SMILES string of the molecule is Cc1c(NC(=O)c2ccc(N3C[C@H]4C[C@H]3CN4)nc2)cccc1-c1ccc(OC(F)(F)F)cc1. The van der Waals surface area contributed by atoms with Crippen LogP contribution in [0.5, 0.6) is 5.75 Å². The van der Waals surface area contributed by atoms with Gasteiger partial charge in [0.2, 0.25) is 0 Å². The number of benzene rings is 2. The molecule has 9 heteroatoms. The molecule has 2 fully saturated rings. The lowest BCUT2D eigenvalue weighted by Crippen LogP contribution is -2.44. The van der Waals surface area contributed by atoms with Crippen LogP contribution in [0.4, 0.5) is 24.7 Å². The van der Waals surface area contributed by atoms with Crippen molar-refractivity contribution in [1.29, 1.82) is 0 Å². The quantitative estimate of drug-likeness (QED) is 0.565. The Kier molecular flexibility index (Phi) is 5.65. The Morgan fingerprint density at radius 2 is 1.94 bits per heavy atom. The number of amides is 1. The fraction of sp³-hybridized carbons (Fsp3) is 0.280. The highest BCUT2D eigenvalue weighted by atomic mass is 19.4. The zero-order valence-corrected chi connectivity index (χ0v) is 18.4. The number of carbonyl (C=O) groups excluding carboxylic acids is 1. The number of carbonyl (C=O) groups is 1. The van der Waals surface area contributed by atoms with Crippen molar-refractivity contribution in [2.24, 2.45) is 0 Å². The van der Waals surface area contributed by atoms with Gasteiger partial charge in [-0.3, -0.25) is 4.79 Å². The van der Waals surface area contributed by atoms with Crippen molar-refractivity contribution in [3.05, 3.63) is 71.9 Å². The molecule has 2 aromatic carbocycles. The molecule has 5 rings (SSSR count). The van der Waals surface area contributed by atoms with E-state index >= 15 is 0 Å². The average Bonchev–Trinajstić information content (AvgIpc) is 3.44. The molecule has 6 nitrogen and oxygen atoms in total. The topological polar surface area (TPSA) is 66.5 Å². The second-order valence-corrected chi connectivity index (χ2v) is 8.56. The van der Waals surface area contributed by atoms with Crippen LogP contribution >= 0.6 is 0 Å². The van der Waals surface area contributed by atoms with Crippen LogP contribution in [-0.2, 0) is 0 Å². The van der Waals surface area contributed by atoms with Gasteiger partial charge in [-0.15, -0.1) is 13.2 Å². The lowest BCUT2D eigenvalue weighted by atomic mass is 9.99. The Labute approximate surface area is 194 Å². The van der Waals surface area contributed by atoms with Crippen LogP contribution in [0.2, 0.25) is 0 Å². The van der Waals surface area contributed by atoms with Gasteiger partial charge < -0.3 is 20.3 Å². The van der Waals surface area contributed by atoms with Crippen molar-refractivity contribution < 1.29 is 22.7 Å². The summed E-state index contributed by atoms with van der Waals surface area (Å²) in [5.74, 6) is 0.312. The number of hydrogen-bond donors (Lipinski definition) is 2. The maximum Gasteiger partial charge on any atom is 0.573 e. The van der Waals surface area contributed by atoms with Crippen LogP contribution in [0.25, 0.3) is 11.1 Å². The van der Waals surface area contributed by atoms with Gasteiger partial charge in [-0.05, 0) is 60.4 Å². The van der Waals surface area contributed by atoms with Gasteiger partial charge in [-0.1, -0.05) is 24.3 Å². The van der Waals surface area contributed by atoms with Gasteiger partial charge >= 0.3 is 6.36 Å². The van der Waals surface area contributed by atoms with Crippen molar-refractivity contribution in [2.75, 3.05) is 23.3 Å². The molecule has 0 unspecified atom stereocenters. The summed E-state index contributed by atoms with van der Waals surface area (Å²) in [6, 6.07) is 15.7. The summed E-state index contributed by atoms with van der Waals surface area (Å²) >= 11 is 0. The summed E-state index contributed by atoms with van der Waals surface area (Å²) in [6.07, 6.45) is -2.03. The van der Waals surface area contributed by atoms with Gasteiger partial charge in [0.25, 0.3) is 5.91 Å². The zero-order valence-electron chi connectivity index (χ0n) is 18.4. The van der Waals surface area contributed by atoms with Crippen LogP contribution in [0, 0.1) is 6.92 Å². The first-order chi connectivity index (χ1) is 16.3. The normalized spacial score (nSPS) is 19.4. The van der Waals surface area contributed by atoms with Crippen LogP contribution in [-0.4, -0.2) is 42.4 Å².